The molecular formula is C56H71N4O19S5+. The first-order valence-corrected chi connectivity index (χ1v) is 34.1. The topological polar surface area (TPSA) is 358 Å². The van der Waals surface area contributed by atoms with Crippen LogP contribution < -0.4 is 15.5 Å². The molecule has 7 rings (SSSR count). The van der Waals surface area contributed by atoms with Crippen LogP contribution >= 0.6 is 12.0 Å². The van der Waals surface area contributed by atoms with Crippen molar-refractivity contribution in [1.82, 2.24) is 10.6 Å². The lowest BCUT2D eigenvalue weighted by Gasteiger charge is -2.31. The first-order valence-electron chi connectivity index (χ1n) is 27.4. The van der Waals surface area contributed by atoms with Crippen molar-refractivity contribution in [3.63, 3.8) is 0 Å². The van der Waals surface area contributed by atoms with Crippen molar-refractivity contribution in [2.24, 2.45) is 5.92 Å². The quantitative estimate of drug-likeness (QED) is 0.0129. The summed E-state index contributed by atoms with van der Waals surface area (Å²) in [7, 11) is -19.4. The summed E-state index contributed by atoms with van der Waals surface area (Å²) in [5.74, 6) is -2.08. The second-order valence-corrected chi connectivity index (χ2v) is 28.6. The molecule has 4 aromatic rings. The van der Waals surface area contributed by atoms with Crippen LogP contribution in [0.5, 0.6) is 0 Å². The number of hydrogen-bond donors (Lipinski definition) is 8. The Hall–Kier alpha value is -5.63. The highest BCUT2D eigenvalue weighted by molar-refractivity contribution is 7.94. The standard InChI is InChI=1S/C56H70N4O19S5/c1-55(2)48-18-9-5-10-19-49-56(3,54-43-32-39(83(72,73)74)34-47(84(75,76)77)41(43)24-26-45(54)60(49)29-16-30-81(66,67)68)27-14-6-11-20-50(61)57-35-37(17-8-4-13-22-52(63)64)36-58-51(62)21-12-7-15-28-59(48)44-25-23-40-42(53(44)55)31-38(82(69,70)71)33-46(40)80-79-78-65/h5,9-10,18-19,23-26,31-34,37H,4,6-8,11-17,20-22,27-30,35-36H2,1-3H3,(H7-,57,58,61,62,63,64,65,66,67,68,69,70,71,72,73,74,75,76,77)/p+1. The Labute approximate surface area is 493 Å². The van der Waals surface area contributed by atoms with Crippen molar-refractivity contribution in [1.29, 1.82) is 0 Å². The van der Waals surface area contributed by atoms with E-state index in [4.69, 9.17) is 14.7 Å². The molecule has 0 fully saturated rings. The summed E-state index contributed by atoms with van der Waals surface area (Å²) in [6.07, 6.45) is 15.0. The number of nitrogens with one attached hydrogen (secondary N) is 2. The average molecular weight is 1260 g/mol. The fourth-order valence-corrected chi connectivity index (χ4v) is 14.8. The zero-order valence-corrected chi connectivity index (χ0v) is 50.7. The third kappa shape index (κ3) is 16.1. The molecule has 3 heterocycles. The number of carbonyl (C=O) groups excluding carboxylic acids is 2. The molecule has 0 bridgehead atoms. The number of unbranched alkanes of at least 4 members (excludes halogenated alkanes) is 2. The largest absolute Gasteiger partial charge is 0.481 e. The van der Waals surface area contributed by atoms with Crippen molar-refractivity contribution in [3.05, 3.63) is 95.7 Å². The number of anilines is 1. The predicted octanol–water partition coefficient (Wildman–Crippen LogP) is 9.00. The normalized spacial score (nSPS) is 21.0. The minimum Gasteiger partial charge on any atom is -0.481 e. The lowest BCUT2D eigenvalue weighted by atomic mass is 9.75. The van der Waals surface area contributed by atoms with Gasteiger partial charge in [0.15, 0.2) is 5.71 Å². The number of carboxylic acid groups (broad SMARTS) is 1. The SMILES string of the molecule is CC1(C)C2=[N+](CCCCCC(=O)NCC(CCCCCC(=O)O)CNC(=O)CCCCCC3(C)/C(=C/C=C/C=C2)N(CCCS(=O)(=O)O)c2ccc4c(S(=O)(=O)O)cc(S(=O)(=O)O)cc4c23)c2ccc3c(SOOO)cc(S(=O)(=O)O)cc3c21. The van der Waals surface area contributed by atoms with Crippen LogP contribution in [-0.2, 0) is 75.1 Å². The first kappa shape index (κ1) is 65.9. The molecule has 28 heteroatoms. The van der Waals surface area contributed by atoms with Crippen molar-refractivity contribution >= 4 is 109 Å². The summed E-state index contributed by atoms with van der Waals surface area (Å²) < 4.78 is 149. The fourth-order valence-electron chi connectivity index (χ4n) is 11.8. The number of aliphatic carboxylic acids is 1. The molecule has 8 N–H and O–H groups in total. The molecule has 3 aliphatic rings. The highest BCUT2D eigenvalue weighted by atomic mass is 32.2. The number of carbonyl (C=O) groups is 3. The van der Waals surface area contributed by atoms with Gasteiger partial charge in [-0.05, 0) is 136 Å². The molecule has 2 amide bonds. The second-order valence-electron chi connectivity index (χ2n) is 22.0. The summed E-state index contributed by atoms with van der Waals surface area (Å²) in [6, 6.07) is 10.9. The Morgan fingerprint density at radius 2 is 1.35 bits per heavy atom. The Balaban J connectivity index is 1.35. The van der Waals surface area contributed by atoms with Gasteiger partial charge >= 0.3 is 5.97 Å². The van der Waals surface area contributed by atoms with Gasteiger partial charge in [-0.3, -0.25) is 32.6 Å². The zero-order valence-electron chi connectivity index (χ0n) is 46.7. The van der Waals surface area contributed by atoms with E-state index in [2.05, 4.69) is 20.2 Å². The van der Waals surface area contributed by atoms with Crippen LogP contribution in [-0.4, -0.2) is 122 Å². The van der Waals surface area contributed by atoms with Crippen LogP contribution in [0.15, 0.2) is 104 Å². The van der Waals surface area contributed by atoms with Crippen LogP contribution in [0.4, 0.5) is 11.4 Å². The van der Waals surface area contributed by atoms with Gasteiger partial charge in [0.1, 0.15) is 11.4 Å². The molecule has 0 saturated heterocycles. The second kappa shape index (κ2) is 27.4. The third-order valence-corrected chi connectivity index (χ3v) is 19.7. The van der Waals surface area contributed by atoms with Crippen molar-refractivity contribution < 1.29 is 90.6 Å². The van der Waals surface area contributed by atoms with Crippen molar-refractivity contribution in [2.45, 2.75) is 147 Å². The van der Waals surface area contributed by atoms with Gasteiger partial charge in [-0.15, -0.1) is 4.33 Å². The van der Waals surface area contributed by atoms with Gasteiger partial charge < -0.3 is 20.6 Å². The summed E-state index contributed by atoms with van der Waals surface area (Å²) in [6.45, 7) is 6.69. The van der Waals surface area contributed by atoms with E-state index in [1.165, 1.54) is 18.2 Å². The van der Waals surface area contributed by atoms with Crippen LogP contribution in [0.2, 0.25) is 0 Å². The number of hydrogen-bond acceptors (Lipinski definition) is 16. The molecule has 0 spiro atoms. The van der Waals surface area contributed by atoms with E-state index in [-0.39, 0.29) is 85.1 Å². The van der Waals surface area contributed by atoms with E-state index in [0.29, 0.717) is 122 Å². The molecule has 2 unspecified atom stereocenters. The van der Waals surface area contributed by atoms with E-state index >= 15 is 0 Å². The van der Waals surface area contributed by atoms with Gasteiger partial charge in [0.05, 0.1) is 33.0 Å². The Kier molecular flexibility index (Phi) is 21.5. The van der Waals surface area contributed by atoms with Crippen LogP contribution in [0.25, 0.3) is 21.5 Å². The minimum absolute atomic E-state index is 0.0221. The minimum atomic E-state index is -5.12. The van der Waals surface area contributed by atoms with E-state index in [1.54, 1.807) is 41.3 Å². The average Bonchev–Trinajstić information content (AvgIpc) is 1.56. The highest BCUT2D eigenvalue weighted by Crippen LogP contribution is 2.54. The van der Waals surface area contributed by atoms with Gasteiger partial charge in [-0.25, -0.2) is 5.26 Å². The number of allylic oxidation sites excluding steroid dienone is 6. The first-order chi connectivity index (χ1) is 39.5. The Bertz CT molecular complexity index is 3790. The Morgan fingerprint density at radius 1 is 0.714 bits per heavy atom. The van der Waals surface area contributed by atoms with Crippen molar-refractivity contribution in [2.75, 3.05) is 36.8 Å². The van der Waals surface area contributed by atoms with E-state index < -0.39 is 77.7 Å². The van der Waals surface area contributed by atoms with Gasteiger partial charge in [0.2, 0.25) is 17.5 Å². The van der Waals surface area contributed by atoms with Crippen LogP contribution in [0.3, 0.4) is 0 Å². The van der Waals surface area contributed by atoms with Crippen molar-refractivity contribution in [3.8, 4) is 0 Å². The van der Waals surface area contributed by atoms with Gasteiger partial charge in [-0.2, -0.15) is 38.2 Å². The number of fused-ring (bicyclic) bond motifs is 9. The summed E-state index contributed by atoms with van der Waals surface area (Å²) in [5, 5.41) is 29.0. The molecule has 0 radical (unpaired) electrons. The molecular weight excluding hydrogens is 1190 g/mol. The highest BCUT2D eigenvalue weighted by Gasteiger charge is 2.47. The molecule has 84 heavy (non-hydrogen) atoms. The zero-order chi connectivity index (χ0) is 61.4. The summed E-state index contributed by atoms with van der Waals surface area (Å²) >= 11 is 0.531. The molecule has 458 valence electrons. The molecule has 0 aliphatic carbocycles. The summed E-state index contributed by atoms with van der Waals surface area (Å²) in [4.78, 5) is 37.8. The predicted molar refractivity (Wildman–Crippen MR) is 315 cm³/mol. The molecule has 4 aromatic carbocycles. The number of carboxylic acids is 1. The van der Waals surface area contributed by atoms with Crippen LogP contribution in [0.1, 0.15) is 128 Å². The lowest BCUT2D eigenvalue weighted by molar-refractivity contribution is -0.438. The monoisotopic (exact) mass is 1260 g/mol. The fraction of sp³-hybridized carbons (Fsp3) is 0.464. The van der Waals surface area contributed by atoms with Crippen LogP contribution in [0, 0.1) is 5.92 Å². The number of amides is 2. The number of rotatable bonds is 16. The van der Waals surface area contributed by atoms with E-state index in [1.807, 2.05) is 32.9 Å². The van der Waals surface area contributed by atoms with E-state index in [9.17, 15) is 66.3 Å². The third-order valence-electron chi connectivity index (χ3n) is 15.7. The molecule has 0 aromatic heterocycles. The Morgan fingerprint density at radius 3 is 1.96 bits per heavy atom. The van der Waals surface area contributed by atoms with Gasteiger partial charge in [0.25, 0.3) is 40.5 Å². The maximum atomic E-state index is 13.4. The molecule has 2 atom stereocenters. The number of nitrogens with zero attached hydrogens (tertiary/aromatic N) is 2. The molecule has 3 aliphatic heterocycles. The summed E-state index contributed by atoms with van der Waals surface area (Å²) in [5.41, 5.74) is 1.49. The number of benzene rings is 4. The molecule has 23 nitrogen and oxygen atoms in total. The smallest absolute Gasteiger partial charge is 0.303 e. The lowest BCUT2D eigenvalue weighted by Crippen LogP contribution is -2.36. The van der Waals surface area contributed by atoms with Gasteiger partial charge in [0, 0.05) is 90.1 Å². The maximum Gasteiger partial charge on any atom is 0.303 e. The van der Waals surface area contributed by atoms with Gasteiger partial charge in [-0.1, -0.05) is 55.0 Å². The van der Waals surface area contributed by atoms with E-state index in [0.717, 1.165) is 17.5 Å². The maximum absolute atomic E-state index is 13.4. The molecule has 0 saturated carbocycles.